The summed E-state index contributed by atoms with van der Waals surface area (Å²) in [5.41, 5.74) is -0.296. The molecule has 19 heavy (non-hydrogen) atoms. The number of nitrogens with zero attached hydrogens (tertiary/aromatic N) is 1. The van der Waals surface area contributed by atoms with Gasteiger partial charge in [-0.2, -0.15) is 0 Å². The standard InChI is InChI=1S/C12H16ClN3O3/c1-12(2,3)14-7-11(17)15-9-5-4-8(13)6-10(9)16(18)19/h4-6,14H,7H2,1-3H3,(H,15,17). The molecule has 6 nitrogen and oxygen atoms in total. The fraction of sp³-hybridized carbons (Fsp3) is 0.417. The van der Waals surface area contributed by atoms with Gasteiger partial charge < -0.3 is 10.6 Å². The van der Waals surface area contributed by atoms with Gasteiger partial charge in [0.05, 0.1) is 11.5 Å². The number of nitro groups is 1. The third-order valence-electron chi connectivity index (χ3n) is 2.21. The summed E-state index contributed by atoms with van der Waals surface area (Å²) in [6.07, 6.45) is 0. The lowest BCUT2D eigenvalue weighted by Crippen LogP contribution is -2.41. The summed E-state index contributed by atoms with van der Waals surface area (Å²) in [7, 11) is 0. The molecular formula is C12H16ClN3O3. The monoisotopic (exact) mass is 285 g/mol. The number of hydrogen-bond acceptors (Lipinski definition) is 4. The molecule has 7 heteroatoms. The molecule has 2 N–H and O–H groups in total. The number of rotatable bonds is 4. The van der Waals surface area contributed by atoms with Crippen LogP contribution in [0.15, 0.2) is 18.2 Å². The minimum atomic E-state index is -0.585. The molecule has 1 amide bonds. The Labute approximate surface area is 116 Å². The van der Waals surface area contributed by atoms with Gasteiger partial charge >= 0.3 is 0 Å². The van der Waals surface area contributed by atoms with Crippen molar-refractivity contribution in [2.45, 2.75) is 26.3 Å². The van der Waals surface area contributed by atoms with Crippen molar-refractivity contribution in [2.24, 2.45) is 0 Å². The summed E-state index contributed by atoms with van der Waals surface area (Å²) in [5, 5.41) is 16.6. The third-order valence-corrected chi connectivity index (χ3v) is 2.44. The van der Waals surface area contributed by atoms with Gasteiger partial charge in [-0.05, 0) is 32.9 Å². The molecule has 0 aliphatic carbocycles. The molecule has 0 radical (unpaired) electrons. The van der Waals surface area contributed by atoms with Crippen molar-refractivity contribution < 1.29 is 9.72 Å². The molecule has 0 saturated carbocycles. The van der Waals surface area contributed by atoms with E-state index in [1.165, 1.54) is 18.2 Å². The summed E-state index contributed by atoms with van der Waals surface area (Å²) < 4.78 is 0. The molecule has 0 fully saturated rings. The molecule has 0 aliphatic heterocycles. The highest BCUT2D eigenvalue weighted by atomic mass is 35.5. The Bertz CT molecular complexity index is 497. The van der Waals surface area contributed by atoms with Gasteiger partial charge in [-0.3, -0.25) is 14.9 Å². The summed E-state index contributed by atoms with van der Waals surface area (Å²) in [4.78, 5) is 22.0. The fourth-order valence-electron chi connectivity index (χ4n) is 1.30. The first kappa shape index (κ1) is 15.4. The maximum absolute atomic E-state index is 11.7. The molecule has 0 aliphatic rings. The molecule has 0 saturated heterocycles. The highest BCUT2D eigenvalue weighted by molar-refractivity contribution is 6.31. The molecular weight excluding hydrogens is 270 g/mol. The van der Waals surface area contributed by atoms with E-state index in [2.05, 4.69) is 10.6 Å². The number of halogens is 1. The Morgan fingerprint density at radius 1 is 1.42 bits per heavy atom. The Balaban J connectivity index is 2.77. The van der Waals surface area contributed by atoms with Crippen LogP contribution in [0.25, 0.3) is 0 Å². The molecule has 0 bridgehead atoms. The number of nitro benzene ring substituents is 1. The average Bonchev–Trinajstić information content (AvgIpc) is 2.28. The lowest BCUT2D eigenvalue weighted by atomic mass is 10.1. The minimum absolute atomic E-state index is 0.0727. The number of carbonyl (C=O) groups is 1. The van der Waals surface area contributed by atoms with Gasteiger partial charge in [-0.1, -0.05) is 11.6 Å². The number of benzene rings is 1. The zero-order valence-electron chi connectivity index (χ0n) is 11.0. The van der Waals surface area contributed by atoms with Crippen LogP contribution in [0.3, 0.4) is 0 Å². The van der Waals surface area contributed by atoms with Crippen LogP contribution in [0, 0.1) is 10.1 Å². The first-order valence-electron chi connectivity index (χ1n) is 5.68. The predicted octanol–water partition coefficient (Wildman–Crippen LogP) is 2.57. The number of carbonyl (C=O) groups excluding carboxylic acids is 1. The second kappa shape index (κ2) is 5.99. The van der Waals surface area contributed by atoms with Crippen LogP contribution in [0.1, 0.15) is 20.8 Å². The van der Waals surface area contributed by atoms with Gasteiger partial charge in [-0.25, -0.2) is 0 Å². The molecule has 0 unspecified atom stereocenters. The Kier molecular flexibility index (Phi) is 4.85. The smallest absolute Gasteiger partial charge is 0.294 e. The molecule has 1 rings (SSSR count). The fourth-order valence-corrected chi connectivity index (χ4v) is 1.47. The van der Waals surface area contributed by atoms with E-state index in [4.69, 9.17) is 11.6 Å². The van der Waals surface area contributed by atoms with E-state index in [-0.39, 0.29) is 34.4 Å². The highest BCUT2D eigenvalue weighted by Gasteiger charge is 2.17. The van der Waals surface area contributed by atoms with Gasteiger partial charge in [0, 0.05) is 16.6 Å². The SMILES string of the molecule is CC(C)(C)NCC(=O)Nc1ccc(Cl)cc1[N+](=O)[O-]. The summed E-state index contributed by atoms with van der Waals surface area (Å²) in [6, 6.07) is 4.10. The van der Waals surface area contributed by atoms with Gasteiger partial charge in [0.25, 0.3) is 5.69 Å². The van der Waals surface area contributed by atoms with Crippen molar-refractivity contribution in [3.63, 3.8) is 0 Å². The number of amides is 1. The summed E-state index contributed by atoms with van der Waals surface area (Å²) >= 11 is 5.69. The van der Waals surface area contributed by atoms with Crippen molar-refractivity contribution >= 4 is 28.9 Å². The van der Waals surface area contributed by atoms with Crippen molar-refractivity contribution in [1.82, 2.24) is 5.32 Å². The lowest BCUT2D eigenvalue weighted by Gasteiger charge is -2.19. The molecule has 0 atom stereocenters. The van der Waals surface area contributed by atoms with Crippen LogP contribution in [0.4, 0.5) is 11.4 Å². The second-order valence-corrected chi connectivity index (χ2v) is 5.51. The quantitative estimate of drug-likeness (QED) is 0.658. The molecule has 1 aromatic rings. The van der Waals surface area contributed by atoms with Crippen LogP contribution in [0.5, 0.6) is 0 Å². The van der Waals surface area contributed by atoms with Gasteiger partial charge in [-0.15, -0.1) is 0 Å². The third kappa shape index (κ3) is 5.23. The highest BCUT2D eigenvalue weighted by Crippen LogP contribution is 2.27. The van der Waals surface area contributed by atoms with Crippen molar-refractivity contribution in [3.8, 4) is 0 Å². The Hall–Kier alpha value is -1.66. The number of hydrogen-bond donors (Lipinski definition) is 2. The van der Waals surface area contributed by atoms with Gasteiger partial charge in [0.1, 0.15) is 5.69 Å². The number of anilines is 1. The zero-order chi connectivity index (χ0) is 14.6. The Morgan fingerprint density at radius 3 is 2.58 bits per heavy atom. The van der Waals surface area contributed by atoms with E-state index in [1.807, 2.05) is 20.8 Å². The van der Waals surface area contributed by atoms with E-state index in [0.717, 1.165) is 0 Å². The molecule has 0 heterocycles. The topological polar surface area (TPSA) is 84.3 Å². The van der Waals surface area contributed by atoms with E-state index in [1.54, 1.807) is 0 Å². The zero-order valence-corrected chi connectivity index (χ0v) is 11.7. The summed E-state index contributed by atoms with van der Waals surface area (Å²) in [5.74, 6) is -0.347. The first-order chi connectivity index (χ1) is 8.69. The Morgan fingerprint density at radius 2 is 2.05 bits per heavy atom. The van der Waals surface area contributed by atoms with Crippen molar-refractivity contribution in [2.75, 3.05) is 11.9 Å². The van der Waals surface area contributed by atoms with Crippen molar-refractivity contribution in [1.29, 1.82) is 0 Å². The van der Waals surface area contributed by atoms with Crippen molar-refractivity contribution in [3.05, 3.63) is 33.3 Å². The molecule has 0 spiro atoms. The molecule has 0 aromatic heterocycles. The normalized spacial score (nSPS) is 11.2. The molecule has 104 valence electrons. The second-order valence-electron chi connectivity index (χ2n) is 5.07. The van der Waals surface area contributed by atoms with Crippen LogP contribution in [-0.4, -0.2) is 22.9 Å². The van der Waals surface area contributed by atoms with E-state index >= 15 is 0 Å². The minimum Gasteiger partial charge on any atom is -0.319 e. The maximum atomic E-state index is 11.7. The lowest BCUT2D eigenvalue weighted by molar-refractivity contribution is -0.383. The average molecular weight is 286 g/mol. The number of nitrogens with one attached hydrogen (secondary N) is 2. The van der Waals surface area contributed by atoms with Crippen LogP contribution >= 0.6 is 11.6 Å². The first-order valence-corrected chi connectivity index (χ1v) is 6.05. The molecule has 1 aromatic carbocycles. The van der Waals surface area contributed by atoms with Gasteiger partial charge in [0.15, 0.2) is 0 Å². The van der Waals surface area contributed by atoms with E-state index in [0.29, 0.717) is 0 Å². The van der Waals surface area contributed by atoms with Crippen LogP contribution in [-0.2, 0) is 4.79 Å². The van der Waals surface area contributed by atoms with Gasteiger partial charge in [0.2, 0.25) is 5.91 Å². The largest absolute Gasteiger partial charge is 0.319 e. The van der Waals surface area contributed by atoms with E-state index in [9.17, 15) is 14.9 Å². The maximum Gasteiger partial charge on any atom is 0.294 e. The predicted molar refractivity (Wildman–Crippen MR) is 74.5 cm³/mol. The van der Waals surface area contributed by atoms with Crippen LogP contribution < -0.4 is 10.6 Å². The summed E-state index contributed by atoms with van der Waals surface area (Å²) in [6.45, 7) is 5.84. The van der Waals surface area contributed by atoms with E-state index < -0.39 is 4.92 Å². The van der Waals surface area contributed by atoms with Crippen LogP contribution in [0.2, 0.25) is 5.02 Å².